The van der Waals surface area contributed by atoms with Gasteiger partial charge in [-0.2, -0.15) is 4.31 Å². The van der Waals surface area contributed by atoms with Gasteiger partial charge in [-0.25, -0.2) is 8.42 Å². The van der Waals surface area contributed by atoms with E-state index >= 15 is 0 Å². The summed E-state index contributed by atoms with van der Waals surface area (Å²) in [6, 6.07) is 5.33. The molecule has 0 fully saturated rings. The van der Waals surface area contributed by atoms with Crippen LogP contribution in [0.5, 0.6) is 0 Å². The standard InChI is InChI=1S/C13H18BrN3O4S/c1-9-6-10(4-5-11(9)14)16-12(18)7-15-13(19)8-17(2)22(3,20)21/h4-6H,7-8H2,1-3H3,(H,15,19)(H,16,18). The van der Waals surface area contributed by atoms with Crippen molar-refractivity contribution in [2.75, 3.05) is 31.7 Å². The van der Waals surface area contributed by atoms with Crippen LogP contribution in [0.4, 0.5) is 5.69 Å². The Morgan fingerprint density at radius 2 is 1.91 bits per heavy atom. The summed E-state index contributed by atoms with van der Waals surface area (Å²) in [5.74, 6) is -0.938. The number of anilines is 1. The van der Waals surface area contributed by atoms with Crippen molar-refractivity contribution in [2.45, 2.75) is 6.92 Å². The number of amides is 2. The maximum atomic E-state index is 11.7. The molecule has 0 saturated carbocycles. The Kier molecular flexibility index (Phi) is 6.51. The number of halogens is 1. The summed E-state index contributed by atoms with van der Waals surface area (Å²) < 4.78 is 24.2. The van der Waals surface area contributed by atoms with Crippen LogP contribution in [0.3, 0.4) is 0 Å². The van der Waals surface area contributed by atoms with Crippen molar-refractivity contribution in [3.05, 3.63) is 28.2 Å². The van der Waals surface area contributed by atoms with Crippen molar-refractivity contribution in [2.24, 2.45) is 0 Å². The molecule has 1 aromatic carbocycles. The highest BCUT2D eigenvalue weighted by Crippen LogP contribution is 2.19. The van der Waals surface area contributed by atoms with E-state index in [1.54, 1.807) is 12.1 Å². The maximum absolute atomic E-state index is 11.7. The van der Waals surface area contributed by atoms with Crippen LogP contribution in [0, 0.1) is 6.92 Å². The lowest BCUT2D eigenvalue weighted by atomic mass is 10.2. The van der Waals surface area contributed by atoms with Gasteiger partial charge in [0.1, 0.15) is 0 Å². The van der Waals surface area contributed by atoms with Crippen LogP contribution in [0.15, 0.2) is 22.7 Å². The molecule has 2 amide bonds. The van der Waals surface area contributed by atoms with E-state index in [4.69, 9.17) is 0 Å². The maximum Gasteiger partial charge on any atom is 0.243 e. The van der Waals surface area contributed by atoms with Crippen LogP contribution < -0.4 is 10.6 Å². The second-order valence-corrected chi connectivity index (χ2v) is 7.75. The number of benzene rings is 1. The van der Waals surface area contributed by atoms with E-state index in [-0.39, 0.29) is 13.1 Å². The number of likely N-dealkylation sites (N-methyl/N-ethyl adjacent to an activating group) is 1. The SMILES string of the molecule is Cc1cc(NC(=O)CNC(=O)CN(C)S(C)(=O)=O)ccc1Br. The summed E-state index contributed by atoms with van der Waals surface area (Å²) in [5, 5.41) is 5.01. The third-order valence-electron chi connectivity index (χ3n) is 2.82. The molecule has 22 heavy (non-hydrogen) atoms. The number of hydrogen-bond acceptors (Lipinski definition) is 4. The first-order valence-corrected chi connectivity index (χ1v) is 8.97. The average Bonchev–Trinajstić information content (AvgIpc) is 2.39. The molecular weight excluding hydrogens is 374 g/mol. The summed E-state index contributed by atoms with van der Waals surface area (Å²) in [6.07, 6.45) is 1.00. The second-order valence-electron chi connectivity index (χ2n) is 4.81. The van der Waals surface area contributed by atoms with Crippen molar-refractivity contribution in [3.8, 4) is 0 Å². The van der Waals surface area contributed by atoms with Crippen LogP contribution in [-0.4, -0.2) is 50.9 Å². The Morgan fingerprint density at radius 3 is 2.45 bits per heavy atom. The normalized spacial score (nSPS) is 11.3. The molecule has 0 heterocycles. The lowest BCUT2D eigenvalue weighted by Crippen LogP contribution is -2.40. The molecule has 122 valence electrons. The Bertz CT molecular complexity index is 676. The molecule has 2 N–H and O–H groups in total. The van der Waals surface area contributed by atoms with Crippen molar-refractivity contribution in [3.63, 3.8) is 0 Å². The van der Waals surface area contributed by atoms with Gasteiger partial charge in [-0.3, -0.25) is 9.59 Å². The van der Waals surface area contributed by atoms with Gasteiger partial charge >= 0.3 is 0 Å². The van der Waals surface area contributed by atoms with E-state index in [0.717, 1.165) is 20.6 Å². The van der Waals surface area contributed by atoms with Crippen LogP contribution in [0.1, 0.15) is 5.56 Å². The molecule has 1 aromatic rings. The van der Waals surface area contributed by atoms with E-state index in [9.17, 15) is 18.0 Å². The van der Waals surface area contributed by atoms with Crippen molar-refractivity contribution in [1.29, 1.82) is 0 Å². The number of carbonyl (C=O) groups excluding carboxylic acids is 2. The number of aryl methyl sites for hydroxylation is 1. The Morgan fingerprint density at radius 1 is 1.27 bits per heavy atom. The minimum atomic E-state index is -3.43. The van der Waals surface area contributed by atoms with Gasteiger partial charge in [0.2, 0.25) is 21.8 Å². The monoisotopic (exact) mass is 391 g/mol. The first kappa shape index (κ1) is 18.6. The highest BCUT2D eigenvalue weighted by Gasteiger charge is 2.15. The first-order chi connectivity index (χ1) is 10.1. The first-order valence-electron chi connectivity index (χ1n) is 6.33. The molecule has 0 radical (unpaired) electrons. The summed E-state index contributed by atoms with van der Waals surface area (Å²) >= 11 is 3.36. The van der Waals surface area contributed by atoms with Crippen LogP contribution in [-0.2, 0) is 19.6 Å². The predicted octanol–water partition coefficient (Wildman–Crippen LogP) is 0.704. The quantitative estimate of drug-likeness (QED) is 0.745. The fourth-order valence-electron chi connectivity index (χ4n) is 1.48. The minimum absolute atomic E-state index is 0.231. The fourth-order valence-corrected chi connectivity index (χ4v) is 2.08. The minimum Gasteiger partial charge on any atom is -0.346 e. The molecule has 0 atom stereocenters. The predicted molar refractivity (Wildman–Crippen MR) is 88.0 cm³/mol. The van der Waals surface area contributed by atoms with Gasteiger partial charge in [0.25, 0.3) is 0 Å². The third-order valence-corrected chi connectivity index (χ3v) is 4.97. The van der Waals surface area contributed by atoms with Crippen molar-refractivity contribution < 1.29 is 18.0 Å². The number of nitrogens with one attached hydrogen (secondary N) is 2. The topological polar surface area (TPSA) is 95.6 Å². The molecule has 7 nitrogen and oxygen atoms in total. The van der Waals surface area contributed by atoms with Crippen LogP contribution in [0.25, 0.3) is 0 Å². The zero-order chi connectivity index (χ0) is 16.9. The lowest BCUT2D eigenvalue weighted by Gasteiger charge is -2.13. The molecule has 0 spiro atoms. The van der Waals surface area contributed by atoms with Gasteiger partial charge in [0.05, 0.1) is 19.3 Å². The highest BCUT2D eigenvalue weighted by atomic mass is 79.9. The largest absolute Gasteiger partial charge is 0.346 e. The summed E-state index contributed by atoms with van der Waals surface area (Å²) in [6.45, 7) is 1.33. The molecule has 0 aromatic heterocycles. The van der Waals surface area contributed by atoms with Gasteiger partial charge < -0.3 is 10.6 Å². The lowest BCUT2D eigenvalue weighted by molar-refractivity contribution is -0.124. The van der Waals surface area contributed by atoms with Gasteiger partial charge in [-0.1, -0.05) is 15.9 Å². The molecule has 1 rings (SSSR count). The van der Waals surface area contributed by atoms with Crippen LogP contribution >= 0.6 is 15.9 Å². The number of carbonyl (C=O) groups is 2. The van der Waals surface area contributed by atoms with Gasteiger partial charge in [-0.05, 0) is 30.7 Å². The molecular formula is C13H18BrN3O4S. The number of hydrogen-bond donors (Lipinski definition) is 2. The molecule has 0 saturated heterocycles. The molecule has 0 unspecified atom stereocenters. The highest BCUT2D eigenvalue weighted by molar-refractivity contribution is 9.10. The zero-order valence-electron chi connectivity index (χ0n) is 12.5. The zero-order valence-corrected chi connectivity index (χ0v) is 14.9. The number of nitrogens with zero attached hydrogens (tertiary/aromatic N) is 1. The van der Waals surface area contributed by atoms with E-state index in [2.05, 4.69) is 26.6 Å². The molecule has 0 aliphatic rings. The number of sulfonamides is 1. The third kappa shape index (κ3) is 6.12. The Hall–Kier alpha value is -1.45. The van der Waals surface area contributed by atoms with E-state index in [1.165, 1.54) is 7.05 Å². The van der Waals surface area contributed by atoms with Gasteiger partial charge in [-0.15, -0.1) is 0 Å². The van der Waals surface area contributed by atoms with Gasteiger partial charge in [0.15, 0.2) is 0 Å². The van der Waals surface area contributed by atoms with E-state index in [0.29, 0.717) is 5.69 Å². The van der Waals surface area contributed by atoms with E-state index in [1.807, 2.05) is 13.0 Å². The Balaban J connectivity index is 2.46. The summed E-state index contributed by atoms with van der Waals surface area (Å²) in [7, 11) is -2.14. The Labute approximate surface area is 138 Å². The second kappa shape index (κ2) is 7.70. The summed E-state index contributed by atoms with van der Waals surface area (Å²) in [5.41, 5.74) is 1.59. The number of rotatable bonds is 6. The molecule has 0 aliphatic carbocycles. The molecule has 9 heteroatoms. The fraction of sp³-hybridized carbons (Fsp3) is 0.385. The van der Waals surface area contributed by atoms with E-state index < -0.39 is 21.8 Å². The van der Waals surface area contributed by atoms with Gasteiger partial charge in [0, 0.05) is 17.2 Å². The molecule has 0 aliphatic heterocycles. The van der Waals surface area contributed by atoms with Crippen molar-refractivity contribution >= 4 is 43.5 Å². The average molecular weight is 392 g/mol. The summed E-state index contributed by atoms with van der Waals surface area (Å²) in [4.78, 5) is 23.3. The molecule has 0 bridgehead atoms. The van der Waals surface area contributed by atoms with Crippen molar-refractivity contribution in [1.82, 2.24) is 9.62 Å². The van der Waals surface area contributed by atoms with Crippen LogP contribution in [0.2, 0.25) is 0 Å². The smallest absolute Gasteiger partial charge is 0.243 e.